The largest absolute Gasteiger partial charge is 0.444 e. The van der Waals surface area contributed by atoms with Crippen LogP contribution in [0.4, 0.5) is 4.79 Å². The van der Waals surface area contributed by atoms with Crippen molar-refractivity contribution < 1.29 is 9.53 Å². The van der Waals surface area contributed by atoms with Gasteiger partial charge in [-0.15, -0.1) is 0 Å². The van der Waals surface area contributed by atoms with E-state index in [2.05, 4.69) is 28.7 Å². The van der Waals surface area contributed by atoms with Gasteiger partial charge in [0.25, 0.3) is 0 Å². The lowest BCUT2D eigenvalue weighted by molar-refractivity contribution is 0.0466. The fourth-order valence-corrected chi connectivity index (χ4v) is 2.38. The zero-order valence-corrected chi connectivity index (χ0v) is 14.4. The Hall–Kier alpha value is -1.52. The molecule has 120 valence electrons. The lowest BCUT2D eigenvalue weighted by atomic mass is 10.00. The fraction of sp³-hybridized carbons (Fsp3) is 0.750. The van der Waals surface area contributed by atoms with E-state index >= 15 is 0 Å². The lowest BCUT2D eigenvalue weighted by Gasteiger charge is -2.31. The van der Waals surface area contributed by atoms with Crippen LogP contribution in [0, 0.1) is 0 Å². The summed E-state index contributed by atoms with van der Waals surface area (Å²) < 4.78 is 7.50. The second kappa shape index (κ2) is 6.50. The Morgan fingerprint density at radius 3 is 2.33 bits per heavy atom. The van der Waals surface area contributed by atoms with Gasteiger partial charge in [0.15, 0.2) is 0 Å². The number of nitrogens with zero attached hydrogens (tertiary/aromatic N) is 2. The maximum atomic E-state index is 12.0. The van der Waals surface area contributed by atoms with Crippen LogP contribution in [-0.4, -0.2) is 21.2 Å². The number of rotatable bonds is 5. The molecule has 0 saturated carbocycles. The Morgan fingerprint density at radius 1 is 1.29 bits per heavy atom. The Labute approximate surface area is 128 Å². The van der Waals surface area contributed by atoms with Crippen molar-refractivity contribution in [3.05, 3.63) is 18.2 Å². The molecule has 0 unspecified atom stereocenters. The van der Waals surface area contributed by atoms with Crippen molar-refractivity contribution >= 4 is 6.09 Å². The highest BCUT2D eigenvalue weighted by molar-refractivity contribution is 5.68. The van der Waals surface area contributed by atoms with Gasteiger partial charge in [-0.25, -0.2) is 9.78 Å². The Bertz CT molecular complexity index is 468. The summed E-state index contributed by atoms with van der Waals surface area (Å²) in [7, 11) is 0. The van der Waals surface area contributed by atoms with Crippen molar-refractivity contribution in [3.63, 3.8) is 0 Å². The molecule has 0 aromatic carbocycles. The fourth-order valence-electron chi connectivity index (χ4n) is 2.38. The normalized spacial score (nSPS) is 12.6. The molecule has 1 heterocycles. The number of alkyl carbamates (subject to hydrolysis) is 1. The summed E-state index contributed by atoms with van der Waals surface area (Å²) in [5.41, 5.74) is -0.0564. The molecule has 1 aromatic rings. The highest BCUT2D eigenvalue weighted by Gasteiger charge is 2.30. The molecule has 5 nitrogen and oxygen atoms in total. The van der Waals surface area contributed by atoms with E-state index in [0.717, 1.165) is 18.5 Å². The summed E-state index contributed by atoms with van der Waals surface area (Å²) >= 11 is 0. The number of imidazole rings is 1. The van der Waals surface area contributed by atoms with Crippen LogP contribution >= 0.6 is 0 Å². The second-order valence-corrected chi connectivity index (χ2v) is 6.91. The van der Waals surface area contributed by atoms with Gasteiger partial charge in [0.2, 0.25) is 0 Å². The van der Waals surface area contributed by atoms with Crippen LogP contribution in [0.3, 0.4) is 0 Å². The van der Waals surface area contributed by atoms with Gasteiger partial charge < -0.3 is 14.6 Å². The predicted molar refractivity (Wildman–Crippen MR) is 84.2 cm³/mol. The van der Waals surface area contributed by atoms with Crippen molar-refractivity contribution in [2.24, 2.45) is 0 Å². The minimum absolute atomic E-state index is 0.391. The number of hydrogen-bond acceptors (Lipinski definition) is 3. The summed E-state index contributed by atoms with van der Waals surface area (Å²) in [6.07, 6.45) is 5.30. The molecule has 0 bridgehead atoms. The SMILES string of the molecule is CCC(CC)n1cncc1C(C)(C)NC(=O)OC(C)(C)C. The van der Waals surface area contributed by atoms with Crippen LogP contribution in [0.25, 0.3) is 0 Å². The molecule has 0 fully saturated rings. The zero-order valence-electron chi connectivity index (χ0n) is 14.4. The summed E-state index contributed by atoms with van der Waals surface area (Å²) in [5.74, 6) is 0. The highest BCUT2D eigenvalue weighted by Crippen LogP contribution is 2.26. The third-order valence-electron chi connectivity index (χ3n) is 3.46. The minimum Gasteiger partial charge on any atom is -0.444 e. The zero-order chi connectivity index (χ0) is 16.3. The smallest absolute Gasteiger partial charge is 0.408 e. The standard InChI is InChI=1S/C16H29N3O2/c1-8-12(9-2)19-11-17-10-13(19)16(6,7)18-14(20)21-15(3,4)5/h10-12H,8-9H2,1-7H3,(H,18,20). The third kappa shape index (κ3) is 4.76. The number of ether oxygens (including phenoxy) is 1. The minimum atomic E-state index is -0.540. The van der Waals surface area contributed by atoms with E-state index in [0.29, 0.717) is 6.04 Å². The average Bonchev–Trinajstić information content (AvgIpc) is 2.77. The van der Waals surface area contributed by atoms with Crippen LogP contribution in [0.15, 0.2) is 12.5 Å². The number of carbonyl (C=O) groups excluding carboxylic acids is 1. The molecule has 1 rings (SSSR count). The molecule has 0 aliphatic carbocycles. The average molecular weight is 295 g/mol. The van der Waals surface area contributed by atoms with Gasteiger partial charge in [-0.2, -0.15) is 0 Å². The third-order valence-corrected chi connectivity index (χ3v) is 3.46. The molecule has 5 heteroatoms. The van der Waals surface area contributed by atoms with E-state index in [1.54, 1.807) is 0 Å². The van der Waals surface area contributed by atoms with Gasteiger partial charge in [-0.3, -0.25) is 0 Å². The van der Waals surface area contributed by atoms with E-state index in [1.165, 1.54) is 0 Å². The van der Waals surface area contributed by atoms with Crippen molar-refractivity contribution in [2.45, 2.75) is 78.5 Å². The number of hydrogen-bond donors (Lipinski definition) is 1. The van der Waals surface area contributed by atoms with Gasteiger partial charge in [0.05, 0.1) is 23.8 Å². The maximum Gasteiger partial charge on any atom is 0.408 e. The quantitative estimate of drug-likeness (QED) is 0.893. The van der Waals surface area contributed by atoms with Crippen molar-refractivity contribution in [3.8, 4) is 0 Å². The van der Waals surface area contributed by atoms with E-state index in [4.69, 9.17) is 4.74 Å². The Kier molecular flexibility index (Phi) is 5.42. The van der Waals surface area contributed by atoms with E-state index < -0.39 is 17.2 Å². The van der Waals surface area contributed by atoms with Crippen LogP contribution in [0.1, 0.15) is 73.0 Å². The monoisotopic (exact) mass is 295 g/mol. The van der Waals surface area contributed by atoms with E-state index in [1.807, 2.05) is 47.1 Å². The Morgan fingerprint density at radius 2 is 1.86 bits per heavy atom. The molecule has 0 aliphatic rings. The number of nitrogens with one attached hydrogen (secondary N) is 1. The van der Waals surface area contributed by atoms with Crippen LogP contribution in [-0.2, 0) is 10.3 Å². The first kappa shape index (κ1) is 17.5. The summed E-state index contributed by atoms with van der Waals surface area (Å²) in [4.78, 5) is 16.3. The van der Waals surface area contributed by atoms with Gasteiger partial charge in [0, 0.05) is 6.04 Å². The molecule has 21 heavy (non-hydrogen) atoms. The molecule has 0 aliphatic heterocycles. The molecular formula is C16H29N3O2. The predicted octanol–water partition coefficient (Wildman–Crippen LogP) is 4.00. The van der Waals surface area contributed by atoms with Crippen LogP contribution in [0.5, 0.6) is 0 Å². The van der Waals surface area contributed by atoms with Crippen LogP contribution < -0.4 is 5.32 Å². The molecule has 0 spiro atoms. The number of aromatic nitrogens is 2. The Balaban J connectivity index is 2.93. The van der Waals surface area contributed by atoms with E-state index in [-0.39, 0.29) is 0 Å². The van der Waals surface area contributed by atoms with Gasteiger partial charge >= 0.3 is 6.09 Å². The first-order valence-corrected chi connectivity index (χ1v) is 7.64. The van der Waals surface area contributed by atoms with Crippen molar-refractivity contribution in [1.82, 2.24) is 14.9 Å². The molecule has 1 aromatic heterocycles. The first-order chi connectivity index (χ1) is 9.60. The second-order valence-electron chi connectivity index (χ2n) is 6.91. The molecular weight excluding hydrogens is 266 g/mol. The maximum absolute atomic E-state index is 12.0. The van der Waals surface area contributed by atoms with E-state index in [9.17, 15) is 4.79 Å². The molecule has 1 N–H and O–H groups in total. The van der Waals surface area contributed by atoms with Crippen molar-refractivity contribution in [2.75, 3.05) is 0 Å². The topological polar surface area (TPSA) is 56.2 Å². The highest BCUT2D eigenvalue weighted by atomic mass is 16.6. The first-order valence-electron chi connectivity index (χ1n) is 7.64. The number of carbonyl (C=O) groups is 1. The van der Waals surface area contributed by atoms with Gasteiger partial charge in [-0.05, 0) is 47.5 Å². The van der Waals surface area contributed by atoms with Crippen molar-refractivity contribution in [1.29, 1.82) is 0 Å². The molecule has 0 saturated heterocycles. The summed E-state index contributed by atoms with van der Waals surface area (Å²) in [6, 6.07) is 0.391. The molecule has 0 radical (unpaired) electrons. The molecule has 1 amide bonds. The van der Waals surface area contributed by atoms with Crippen LogP contribution in [0.2, 0.25) is 0 Å². The number of amides is 1. The molecule has 0 atom stereocenters. The van der Waals surface area contributed by atoms with Gasteiger partial charge in [0.1, 0.15) is 5.60 Å². The summed E-state index contributed by atoms with van der Waals surface area (Å²) in [5, 5.41) is 2.94. The summed E-state index contributed by atoms with van der Waals surface area (Å²) in [6.45, 7) is 13.8. The van der Waals surface area contributed by atoms with Gasteiger partial charge in [-0.1, -0.05) is 13.8 Å². The lowest BCUT2D eigenvalue weighted by Crippen LogP contribution is -2.45.